The molecule has 1 aliphatic rings. The molecule has 0 unspecified atom stereocenters. The Bertz CT molecular complexity index is 1120. The first-order valence-corrected chi connectivity index (χ1v) is 9.83. The molecule has 0 aromatic heterocycles. The van der Waals surface area contributed by atoms with Crippen molar-refractivity contribution in [1.82, 2.24) is 0 Å². The van der Waals surface area contributed by atoms with Gasteiger partial charge in [-0.15, -0.1) is 0 Å². The van der Waals surface area contributed by atoms with Crippen molar-refractivity contribution in [3.8, 4) is 11.5 Å². The average Bonchev–Trinajstić information content (AvgIpc) is 3.19. The first-order valence-electron chi connectivity index (χ1n) is 9.83. The third-order valence-electron chi connectivity index (χ3n) is 5.18. The Morgan fingerprint density at radius 1 is 1.07 bits per heavy atom. The highest BCUT2D eigenvalue weighted by Gasteiger charge is 2.24. The number of hydrogen-bond donors (Lipinski definition) is 2. The SMILES string of the molecule is CN=C(N)c1cc(Oc2cccc(NC(=O)N3CCc4ccccc43)c2)ccc1C. The van der Waals surface area contributed by atoms with E-state index in [9.17, 15) is 4.79 Å². The topological polar surface area (TPSA) is 80.0 Å². The number of ether oxygens (including phenoxy) is 1. The molecule has 4 rings (SSSR count). The standard InChI is InChI=1S/C24H24N4O2/c1-16-10-11-20(15-21(16)23(25)26-2)30-19-8-5-7-18(14-19)27-24(29)28-13-12-17-6-3-4-9-22(17)28/h3-11,14-15H,12-13H2,1-2H3,(H2,25,26)(H,27,29). The van der Waals surface area contributed by atoms with Gasteiger partial charge in [-0.2, -0.15) is 0 Å². The largest absolute Gasteiger partial charge is 0.457 e. The number of nitrogens with two attached hydrogens (primary N) is 1. The molecule has 0 atom stereocenters. The van der Waals surface area contributed by atoms with Crippen LogP contribution in [0.5, 0.6) is 11.5 Å². The molecule has 3 N–H and O–H groups in total. The molecule has 0 fully saturated rings. The fraction of sp³-hybridized carbons (Fsp3) is 0.167. The minimum atomic E-state index is -0.151. The molecule has 0 spiro atoms. The summed E-state index contributed by atoms with van der Waals surface area (Å²) in [4.78, 5) is 18.6. The van der Waals surface area contributed by atoms with Gasteiger partial charge in [-0.3, -0.25) is 9.89 Å². The highest BCUT2D eigenvalue weighted by molar-refractivity contribution is 6.03. The first-order chi connectivity index (χ1) is 14.5. The van der Waals surface area contributed by atoms with Crippen molar-refractivity contribution in [2.45, 2.75) is 13.3 Å². The molecule has 3 aromatic carbocycles. The monoisotopic (exact) mass is 400 g/mol. The summed E-state index contributed by atoms with van der Waals surface area (Å²) in [6.45, 7) is 2.65. The highest BCUT2D eigenvalue weighted by Crippen LogP contribution is 2.29. The molecule has 0 bridgehead atoms. The van der Waals surface area contributed by atoms with Gasteiger partial charge in [-0.1, -0.05) is 30.3 Å². The molecular weight excluding hydrogens is 376 g/mol. The van der Waals surface area contributed by atoms with Crippen LogP contribution < -0.4 is 20.7 Å². The quantitative estimate of drug-likeness (QED) is 0.491. The van der Waals surface area contributed by atoms with E-state index in [1.54, 1.807) is 18.0 Å². The number of amidine groups is 1. The normalized spacial score (nSPS) is 13.1. The van der Waals surface area contributed by atoms with Crippen LogP contribution in [0.3, 0.4) is 0 Å². The summed E-state index contributed by atoms with van der Waals surface area (Å²) in [6, 6.07) is 20.9. The number of nitrogens with zero attached hydrogens (tertiary/aromatic N) is 2. The number of urea groups is 1. The van der Waals surface area contributed by atoms with Crippen LogP contribution in [0.15, 0.2) is 71.7 Å². The number of rotatable bonds is 4. The van der Waals surface area contributed by atoms with Gasteiger partial charge < -0.3 is 15.8 Å². The Morgan fingerprint density at radius 2 is 1.87 bits per heavy atom. The third kappa shape index (κ3) is 3.98. The van der Waals surface area contributed by atoms with E-state index in [1.807, 2.05) is 61.5 Å². The molecule has 6 nitrogen and oxygen atoms in total. The lowest BCUT2D eigenvalue weighted by Crippen LogP contribution is -2.33. The summed E-state index contributed by atoms with van der Waals surface area (Å²) in [5.74, 6) is 1.74. The van der Waals surface area contributed by atoms with E-state index in [0.717, 1.165) is 23.2 Å². The van der Waals surface area contributed by atoms with Crippen LogP contribution in [0, 0.1) is 6.92 Å². The molecule has 1 heterocycles. The van der Waals surface area contributed by atoms with Crippen LogP contribution in [-0.2, 0) is 6.42 Å². The van der Waals surface area contributed by atoms with Crippen molar-refractivity contribution in [2.24, 2.45) is 10.7 Å². The van der Waals surface area contributed by atoms with Gasteiger partial charge in [0.1, 0.15) is 17.3 Å². The van der Waals surface area contributed by atoms with Crippen LogP contribution in [-0.4, -0.2) is 25.5 Å². The fourth-order valence-corrected chi connectivity index (χ4v) is 3.57. The Hall–Kier alpha value is -3.80. The van der Waals surface area contributed by atoms with Crippen LogP contribution >= 0.6 is 0 Å². The maximum Gasteiger partial charge on any atom is 0.326 e. The van der Waals surface area contributed by atoms with E-state index in [4.69, 9.17) is 10.5 Å². The van der Waals surface area contributed by atoms with Gasteiger partial charge in [0.05, 0.1) is 0 Å². The van der Waals surface area contributed by atoms with Gasteiger partial charge in [-0.25, -0.2) is 4.79 Å². The zero-order valence-corrected chi connectivity index (χ0v) is 17.1. The number of fused-ring (bicyclic) bond motifs is 1. The molecule has 1 aliphatic heterocycles. The molecule has 0 saturated heterocycles. The second-order valence-electron chi connectivity index (χ2n) is 7.18. The van der Waals surface area contributed by atoms with Gasteiger partial charge in [0.25, 0.3) is 0 Å². The number of benzene rings is 3. The van der Waals surface area contributed by atoms with E-state index >= 15 is 0 Å². The highest BCUT2D eigenvalue weighted by atomic mass is 16.5. The number of aliphatic imine (C=N–C) groups is 1. The summed E-state index contributed by atoms with van der Waals surface area (Å²) < 4.78 is 6.00. The first kappa shape index (κ1) is 19.5. The van der Waals surface area contributed by atoms with Gasteiger partial charge in [0.2, 0.25) is 0 Å². The maximum atomic E-state index is 12.8. The number of para-hydroxylation sites is 1. The van der Waals surface area contributed by atoms with Gasteiger partial charge in [0.15, 0.2) is 0 Å². The lowest BCUT2D eigenvalue weighted by molar-refractivity contribution is 0.257. The second kappa shape index (κ2) is 8.29. The van der Waals surface area contributed by atoms with E-state index in [2.05, 4.69) is 16.4 Å². The number of nitrogens with one attached hydrogen (secondary N) is 1. The van der Waals surface area contributed by atoms with Crippen LogP contribution in [0.25, 0.3) is 0 Å². The van der Waals surface area contributed by atoms with E-state index in [1.165, 1.54) is 5.56 Å². The molecule has 6 heteroatoms. The van der Waals surface area contributed by atoms with E-state index in [0.29, 0.717) is 29.6 Å². The van der Waals surface area contributed by atoms with Crippen molar-refractivity contribution in [1.29, 1.82) is 0 Å². The van der Waals surface area contributed by atoms with Gasteiger partial charge in [0, 0.05) is 36.6 Å². The number of carbonyl (C=O) groups excluding carboxylic acids is 1. The van der Waals surface area contributed by atoms with Gasteiger partial charge in [-0.05, 0) is 54.8 Å². The lowest BCUT2D eigenvalue weighted by atomic mass is 10.1. The Labute approximate surface area is 176 Å². The Balaban J connectivity index is 1.49. The van der Waals surface area contributed by atoms with Crippen molar-refractivity contribution in [3.05, 3.63) is 83.4 Å². The van der Waals surface area contributed by atoms with Crippen LogP contribution in [0.4, 0.5) is 16.2 Å². The molecule has 3 aromatic rings. The Kier molecular flexibility index (Phi) is 5.39. The summed E-state index contributed by atoms with van der Waals surface area (Å²) in [5, 5.41) is 2.97. The predicted octanol–water partition coefficient (Wildman–Crippen LogP) is 4.72. The number of amides is 2. The van der Waals surface area contributed by atoms with Crippen molar-refractivity contribution < 1.29 is 9.53 Å². The minimum Gasteiger partial charge on any atom is -0.457 e. The average molecular weight is 400 g/mol. The van der Waals surface area contributed by atoms with Crippen molar-refractivity contribution in [3.63, 3.8) is 0 Å². The zero-order chi connectivity index (χ0) is 21.1. The van der Waals surface area contributed by atoms with Crippen molar-refractivity contribution in [2.75, 3.05) is 23.8 Å². The molecular formula is C24H24N4O2. The Morgan fingerprint density at radius 3 is 2.70 bits per heavy atom. The number of aryl methyl sites for hydroxylation is 1. The smallest absolute Gasteiger partial charge is 0.326 e. The number of hydrogen-bond acceptors (Lipinski definition) is 3. The number of carbonyl (C=O) groups is 1. The fourth-order valence-electron chi connectivity index (χ4n) is 3.57. The summed E-state index contributed by atoms with van der Waals surface area (Å²) in [7, 11) is 1.66. The molecule has 0 saturated carbocycles. The van der Waals surface area contributed by atoms with E-state index in [-0.39, 0.29) is 6.03 Å². The molecule has 152 valence electrons. The molecule has 0 radical (unpaired) electrons. The van der Waals surface area contributed by atoms with Crippen LogP contribution in [0.2, 0.25) is 0 Å². The van der Waals surface area contributed by atoms with E-state index < -0.39 is 0 Å². The third-order valence-corrected chi connectivity index (χ3v) is 5.18. The second-order valence-corrected chi connectivity index (χ2v) is 7.18. The molecule has 0 aliphatic carbocycles. The molecule has 30 heavy (non-hydrogen) atoms. The minimum absolute atomic E-state index is 0.151. The predicted molar refractivity (Wildman–Crippen MR) is 121 cm³/mol. The summed E-state index contributed by atoms with van der Waals surface area (Å²) in [5.41, 5.74) is 10.7. The van der Waals surface area contributed by atoms with Crippen LogP contribution in [0.1, 0.15) is 16.7 Å². The van der Waals surface area contributed by atoms with Crippen molar-refractivity contribution >= 4 is 23.2 Å². The molecule has 2 amide bonds. The lowest BCUT2D eigenvalue weighted by Gasteiger charge is -2.18. The maximum absolute atomic E-state index is 12.8. The zero-order valence-electron chi connectivity index (χ0n) is 17.1. The summed E-state index contributed by atoms with van der Waals surface area (Å²) in [6.07, 6.45) is 0.868. The van der Waals surface area contributed by atoms with Gasteiger partial charge >= 0.3 is 6.03 Å². The summed E-state index contributed by atoms with van der Waals surface area (Å²) >= 11 is 0. The number of anilines is 2.